The fourth-order valence-electron chi connectivity index (χ4n) is 3.39. The molecular formula is C18H23F2N3O4. The topological polar surface area (TPSA) is 71.1 Å². The summed E-state index contributed by atoms with van der Waals surface area (Å²) in [5, 5.41) is 2.58. The molecule has 0 spiro atoms. The summed E-state index contributed by atoms with van der Waals surface area (Å²) in [6.07, 6.45) is -0.478. The SMILES string of the molecule is COc1ccc(C(=O)N2CCN(C(=O)C3CC(F)(F)CN3)CC2)c(OC)c1. The Morgan fingerprint density at radius 2 is 1.78 bits per heavy atom. The molecule has 2 heterocycles. The molecule has 148 valence electrons. The van der Waals surface area contributed by atoms with Crippen LogP contribution in [-0.2, 0) is 4.79 Å². The zero-order chi connectivity index (χ0) is 19.6. The average molecular weight is 383 g/mol. The van der Waals surface area contributed by atoms with Crippen molar-refractivity contribution in [2.45, 2.75) is 18.4 Å². The Bertz CT molecular complexity index is 721. The molecule has 2 aliphatic rings. The van der Waals surface area contributed by atoms with Crippen LogP contribution in [0.2, 0.25) is 0 Å². The average Bonchev–Trinajstić information content (AvgIpc) is 3.06. The minimum absolute atomic E-state index is 0.202. The van der Waals surface area contributed by atoms with Crippen LogP contribution in [0.3, 0.4) is 0 Å². The van der Waals surface area contributed by atoms with Gasteiger partial charge in [-0.05, 0) is 12.1 Å². The number of nitrogens with one attached hydrogen (secondary N) is 1. The Morgan fingerprint density at radius 1 is 1.11 bits per heavy atom. The van der Waals surface area contributed by atoms with Crippen molar-refractivity contribution in [3.05, 3.63) is 23.8 Å². The fourth-order valence-corrected chi connectivity index (χ4v) is 3.39. The van der Waals surface area contributed by atoms with Crippen molar-refractivity contribution < 1.29 is 27.8 Å². The van der Waals surface area contributed by atoms with Crippen LogP contribution in [0.25, 0.3) is 0 Å². The molecule has 1 unspecified atom stereocenters. The molecule has 2 aliphatic heterocycles. The first-order valence-electron chi connectivity index (χ1n) is 8.76. The number of piperazine rings is 1. The van der Waals surface area contributed by atoms with E-state index in [9.17, 15) is 18.4 Å². The van der Waals surface area contributed by atoms with Gasteiger partial charge in [0.2, 0.25) is 5.91 Å². The number of methoxy groups -OCH3 is 2. The number of rotatable bonds is 4. The molecule has 9 heteroatoms. The Morgan fingerprint density at radius 3 is 2.33 bits per heavy atom. The highest BCUT2D eigenvalue weighted by Gasteiger charge is 2.44. The summed E-state index contributed by atoms with van der Waals surface area (Å²) in [5.74, 6) is -2.38. The summed E-state index contributed by atoms with van der Waals surface area (Å²) >= 11 is 0. The summed E-state index contributed by atoms with van der Waals surface area (Å²) in [7, 11) is 3.01. The third kappa shape index (κ3) is 4.13. The molecule has 1 atom stereocenters. The molecule has 0 bridgehead atoms. The fraction of sp³-hybridized carbons (Fsp3) is 0.556. The molecule has 2 fully saturated rings. The highest BCUT2D eigenvalue weighted by atomic mass is 19.3. The van der Waals surface area contributed by atoms with Crippen molar-refractivity contribution in [3.63, 3.8) is 0 Å². The Balaban J connectivity index is 1.61. The Kier molecular flexibility index (Phi) is 5.50. The Labute approximate surface area is 156 Å². The van der Waals surface area contributed by atoms with Gasteiger partial charge in [0.15, 0.2) is 0 Å². The summed E-state index contributed by atoms with van der Waals surface area (Å²) in [5.41, 5.74) is 0.412. The van der Waals surface area contributed by atoms with E-state index in [4.69, 9.17) is 9.47 Å². The van der Waals surface area contributed by atoms with Crippen LogP contribution < -0.4 is 14.8 Å². The number of nitrogens with zero attached hydrogens (tertiary/aromatic N) is 2. The van der Waals surface area contributed by atoms with Crippen LogP contribution in [0.4, 0.5) is 8.78 Å². The molecule has 0 saturated carbocycles. The lowest BCUT2D eigenvalue weighted by molar-refractivity contribution is -0.135. The van der Waals surface area contributed by atoms with Crippen molar-refractivity contribution in [1.82, 2.24) is 15.1 Å². The predicted molar refractivity (Wildman–Crippen MR) is 93.4 cm³/mol. The van der Waals surface area contributed by atoms with E-state index in [1.165, 1.54) is 19.1 Å². The minimum atomic E-state index is -2.84. The van der Waals surface area contributed by atoms with E-state index >= 15 is 0 Å². The molecule has 0 radical (unpaired) electrons. The van der Waals surface area contributed by atoms with Crippen LogP contribution in [-0.4, -0.2) is 80.5 Å². The first-order chi connectivity index (χ1) is 12.8. The van der Waals surface area contributed by atoms with Crippen LogP contribution >= 0.6 is 0 Å². The number of hydrogen-bond acceptors (Lipinski definition) is 5. The lowest BCUT2D eigenvalue weighted by Crippen LogP contribution is -2.54. The van der Waals surface area contributed by atoms with Crippen molar-refractivity contribution in [2.75, 3.05) is 46.9 Å². The van der Waals surface area contributed by atoms with Crippen molar-refractivity contribution in [1.29, 1.82) is 0 Å². The van der Waals surface area contributed by atoms with Gasteiger partial charge in [-0.3, -0.25) is 14.9 Å². The summed E-state index contributed by atoms with van der Waals surface area (Å²) in [6, 6.07) is 4.10. The van der Waals surface area contributed by atoms with E-state index < -0.39 is 24.9 Å². The lowest BCUT2D eigenvalue weighted by atomic mass is 10.1. The number of alkyl halides is 2. The number of hydrogen-bond donors (Lipinski definition) is 1. The van der Waals surface area contributed by atoms with Crippen LogP contribution in [0.1, 0.15) is 16.8 Å². The number of halogens is 2. The van der Waals surface area contributed by atoms with Gasteiger partial charge in [-0.15, -0.1) is 0 Å². The molecule has 2 amide bonds. The lowest BCUT2D eigenvalue weighted by Gasteiger charge is -2.36. The Hall–Kier alpha value is -2.42. The number of amides is 2. The van der Waals surface area contributed by atoms with E-state index in [-0.39, 0.29) is 11.8 Å². The summed E-state index contributed by atoms with van der Waals surface area (Å²) < 4.78 is 37.0. The third-order valence-electron chi connectivity index (χ3n) is 4.93. The predicted octanol–water partition coefficient (Wildman–Crippen LogP) is 0.985. The van der Waals surface area contributed by atoms with Crippen molar-refractivity contribution in [3.8, 4) is 11.5 Å². The van der Waals surface area contributed by atoms with E-state index in [1.807, 2.05) is 0 Å². The van der Waals surface area contributed by atoms with E-state index in [2.05, 4.69) is 5.32 Å². The zero-order valence-electron chi connectivity index (χ0n) is 15.3. The normalized spacial score (nSPS) is 21.9. The second-order valence-electron chi connectivity index (χ2n) is 6.68. The molecule has 1 aromatic rings. The maximum absolute atomic E-state index is 13.3. The largest absolute Gasteiger partial charge is 0.497 e. The van der Waals surface area contributed by atoms with Gasteiger partial charge in [0.1, 0.15) is 11.5 Å². The molecular weight excluding hydrogens is 360 g/mol. The first kappa shape index (κ1) is 19.3. The molecule has 2 saturated heterocycles. The molecule has 27 heavy (non-hydrogen) atoms. The number of carbonyl (C=O) groups excluding carboxylic acids is 2. The van der Waals surface area contributed by atoms with Gasteiger partial charge in [0.05, 0.1) is 32.4 Å². The standard InChI is InChI=1S/C18H23F2N3O4/c1-26-12-3-4-13(15(9-12)27-2)16(24)22-5-7-23(8-6-22)17(25)14-10-18(19,20)11-21-14/h3-4,9,14,21H,5-8,10-11H2,1-2H3. The molecule has 7 nitrogen and oxygen atoms in total. The smallest absolute Gasteiger partial charge is 0.262 e. The molecule has 3 rings (SSSR count). The molecule has 1 N–H and O–H groups in total. The van der Waals surface area contributed by atoms with Gasteiger partial charge in [-0.2, -0.15) is 0 Å². The summed E-state index contributed by atoms with van der Waals surface area (Å²) in [4.78, 5) is 28.4. The van der Waals surface area contributed by atoms with E-state index in [0.717, 1.165) is 0 Å². The van der Waals surface area contributed by atoms with Crippen molar-refractivity contribution in [2.24, 2.45) is 0 Å². The second-order valence-corrected chi connectivity index (χ2v) is 6.68. The maximum atomic E-state index is 13.3. The van der Waals surface area contributed by atoms with Gasteiger partial charge in [-0.25, -0.2) is 8.78 Å². The van der Waals surface area contributed by atoms with Crippen molar-refractivity contribution >= 4 is 11.8 Å². The molecule has 1 aromatic carbocycles. The number of carbonyl (C=O) groups is 2. The quantitative estimate of drug-likeness (QED) is 0.840. The van der Waals surface area contributed by atoms with Gasteiger partial charge >= 0.3 is 0 Å². The molecule has 0 aromatic heterocycles. The van der Waals surface area contributed by atoms with Gasteiger partial charge < -0.3 is 19.3 Å². The molecule has 0 aliphatic carbocycles. The third-order valence-corrected chi connectivity index (χ3v) is 4.93. The first-order valence-corrected chi connectivity index (χ1v) is 8.76. The van der Waals surface area contributed by atoms with Gasteiger partial charge in [0, 0.05) is 38.7 Å². The highest BCUT2D eigenvalue weighted by molar-refractivity contribution is 5.97. The van der Waals surface area contributed by atoms with Crippen LogP contribution in [0.5, 0.6) is 11.5 Å². The van der Waals surface area contributed by atoms with E-state index in [0.29, 0.717) is 43.2 Å². The minimum Gasteiger partial charge on any atom is -0.497 e. The van der Waals surface area contributed by atoms with Crippen LogP contribution in [0.15, 0.2) is 18.2 Å². The summed E-state index contributed by atoms with van der Waals surface area (Å²) in [6.45, 7) is 0.824. The van der Waals surface area contributed by atoms with Gasteiger partial charge in [-0.1, -0.05) is 0 Å². The monoisotopic (exact) mass is 383 g/mol. The second kappa shape index (κ2) is 7.67. The maximum Gasteiger partial charge on any atom is 0.262 e. The number of ether oxygens (including phenoxy) is 2. The zero-order valence-corrected chi connectivity index (χ0v) is 15.3. The van der Waals surface area contributed by atoms with E-state index in [1.54, 1.807) is 23.1 Å². The van der Waals surface area contributed by atoms with Gasteiger partial charge in [0.25, 0.3) is 11.8 Å². The highest BCUT2D eigenvalue weighted by Crippen LogP contribution is 2.28. The van der Waals surface area contributed by atoms with Crippen LogP contribution in [0, 0.1) is 0 Å². The number of benzene rings is 1.